The molecule has 3 nitrogen and oxygen atoms in total. The van der Waals surface area contributed by atoms with E-state index in [1.165, 1.54) is 24.3 Å². The van der Waals surface area contributed by atoms with Crippen molar-refractivity contribution in [3.8, 4) is 6.07 Å². The van der Waals surface area contributed by atoms with Crippen molar-refractivity contribution in [1.82, 2.24) is 0 Å². The summed E-state index contributed by atoms with van der Waals surface area (Å²) in [7, 11) is 0. The largest absolute Gasteiger partial charge is 0.384 e. The quantitative estimate of drug-likeness (QED) is 0.852. The van der Waals surface area contributed by atoms with Crippen LogP contribution in [0.1, 0.15) is 18.9 Å². The van der Waals surface area contributed by atoms with Gasteiger partial charge in [-0.3, -0.25) is 0 Å². The van der Waals surface area contributed by atoms with E-state index in [4.69, 9.17) is 4.74 Å². The second-order valence-electron chi connectivity index (χ2n) is 4.58. The molecule has 1 aliphatic heterocycles. The van der Waals surface area contributed by atoms with Crippen molar-refractivity contribution in [2.75, 3.05) is 13.2 Å². The first kappa shape index (κ1) is 12.0. The molecule has 0 aliphatic carbocycles. The third-order valence-corrected chi connectivity index (χ3v) is 3.57. The third-order valence-electron chi connectivity index (χ3n) is 3.57. The number of nitriles is 1. The van der Waals surface area contributed by atoms with E-state index in [-0.39, 0.29) is 12.4 Å². The van der Waals surface area contributed by atoms with Crippen LogP contribution in [-0.2, 0) is 10.3 Å². The Morgan fingerprint density at radius 1 is 1.47 bits per heavy atom. The second-order valence-corrected chi connectivity index (χ2v) is 4.58. The Morgan fingerprint density at radius 2 is 2.12 bits per heavy atom. The fourth-order valence-corrected chi connectivity index (χ4v) is 2.20. The fraction of sp³-hybridized carbons (Fsp3) is 0.462. The zero-order valence-corrected chi connectivity index (χ0v) is 9.61. The van der Waals surface area contributed by atoms with Crippen LogP contribution in [0, 0.1) is 22.6 Å². The van der Waals surface area contributed by atoms with Crippen LogP contribution in [0.25, 0.3) is 0 Å². The van der Waals surface area contributed by atoms with Crippen molar-refractivity contribution in [2.45, 2.75) is 18.9 Å². The Kier molecular flexibility index (Phi) is 2.90. The lowest BCUT2D eigenvalue weighted by Gasteiger charge is -2.36. The normalized spacial score (nSPS) is 27.4. The highest BCUT2D eigenvalue weighted by Gasteiger charge is 2.51. The maximum Gasteiger partial charge on any atom is 0.123 e. The van der Waals surface area contributed by atoms with Gasteiger partial charge in [0.05, 0.1) is 12.7 Å². The van der Waals surface area contributed by atoms with E-state index < -0.39 is 11.0 Å². The average molecular weight is 235 g/mol. The summed E-state index contributed by atoms with van der Waals surface area (Å²) in [6, 6.07) is 7.74. The minimum Gasteiger partial charge on any atom is -0.384 e. The van der Waals surface area contributed by atoms with Crippen molar-refractivity contribution in [3.05, 3.63) is 35.6 Å². The highest BCUT2D eigenvalue weighted by atomic mass is 19.1. The Morgan fingerprint density at radius 3 is 2.59 bits per heavy atom. The van der Waals surface area contributed by atoms with E-state index in [9.17, 15) is 14.8 Å². The van der Waals surface area contributed by atoms with Crippen molar-refractivity contribution >= 4 is 0 Å². The van der Waals surface area contributed by atoms with Crippen molar-refractivity contribution in [2.24, 2.45) is 5.41 Å². The molecule has 0 radical (unpaired) electrons. The van der Waals surface area contributed by atoms with Gasteiger partial charge in [-0.15, -0.1) is 0 Å². The van der Waals surface area contributed by atoms with Gasteiger partial charge in [0, 0.05) is 6.61 Å². The molecule has 1 saturated heterocycles. The average Bonchev–Trinajstić information content (AvgIpc) is 2.79. The third kappa shape index (κ3) is 1.82. The lowest BCUT2D eigenvalue weighted by molar-refractivity contribution is -0.0482. The SMILES string of the molecule is CC(O)(c1ccc(F)cc1)C1(C#N)CCOC1. The Labute approximate surface area is 99.4 Å². The van der Waals surface area contributed by atoms with Gasteiger partial charge in [-0.1, -0.05) is 12.1 Å². The smallest absolute Gasteiger partial charge is 0.123 e. The van der Waals surface area contributed by atoms with Gasteiger partial charge in [0.2, 0.25) is 0 Å². The summed E-state index contributed by atoms with van der Waals surface area (Å²) in [5.41, 5.74) is -1.76. The van der Waals surface area contributed by atoms with E-state index in [1.54, 1.807) is 6.92 Å². The van der Waals surface area contributed by atoms with Crippen LogP contribution in [0.4, 0.5) is 4.39 Å². The molecule has 1 aliphatic rings. The van der Waals surface area contributed by atoms with Gasteiger partial charge in [-0.2, -0.15) is 5.26 Å². The molecule has 1 aromatic carbocycles. The highest BCUT2D eigenvalue weighted by Crippen LogP contribution is 2.45. The number of ether oxygens (including phenoxy) is 1. The summed E-state index contributed by atoms with van der Waals surface area (Å²) >= 11 is 0. The first-order chi connectivity index (χ1) is 8.02. The summed E-state index contributed by atoms with van der Waals surface area (Å²) in [6.45, 7) is 2.25. The molecule has 2 rings (SSSR count). The molecule has 90 valence electrons. The van der Waals surface area contributed by atoms with Gasteiger partial charge in [-0.25, -0.2) is 4.39 Å². The minimum atomic E-state index is -1.34. The lowest BCUT2D eigenvalue weighted by Crippen LogP contribution is -2.43. The molecule has 0 spiro atoms. The Balaban J connectivity index is 2.41. The predicted octanol–water partition coefficient (Wildman–Crippen LogP) is 1.96. The molecule has 17 heavy (non-hydrogen) atoms. The molecule has 0 aromatic heterocycles. The topological polar surface area (TPSA) is 53.2 Å². The van der Waals surface area contributed by atoms with Gasteiger partial charge < -0.3 is 9.84 Å². The number of nitrogens with zero attached hydrogens (tertiary/aromatic N) is 1. The van der Waals surface area contributed by atoms with E-state index in [2.05, 4.69) is 6.07 Å². The minimum absolute atomic E-state index is 0.202. The highest BCUT2D eigenvalue weighted by molar-refractivity contribution is 5.29. The van der Waals surface area contributed by atoms with Crippen LogP contribution in [0.3, 0.4) is 0 Å². The molecular weight excluding hydrogens is 221 g/mol. The zero-order valence-electron chi connectivity index (χ0n) is 9.61. The Bertz CT molecular complexity index is 441. The standard InChI is InChI=1S/C13H14FNO2/c1-12(16,10-2-4-11(14)5-3-10)13(8-15)6-7-17-9-13/h2-5,16H,6-7,9H2,1H3. The molecular formula is C13H14FNO2. The first-order valence-electron chi connectivity index (χ1n) is 5.49. The maximum absolute atomic E-state index is 12.9. The van der Waals surface area contributed by atoms with Crippen LogP contribution >= 0.6 is 0 Å². The molecule has 2 unspecified atom stereocenters. The number of rotatable bonds is 2. The number of aliphatic hydroxyl groups is 1. The van der Waals surface area contributed by atoms with Gasteiger partial charge in [0.15, 0.2) is 0 Å². The van der Waals surface area contributed by atoms with Crippen LogP contribution in [0.5, 0.6) is 0 Å². The fourth-order valence-electron chi connectivity index (χ4n) is 2.20. The molecule has 0 amide bonds. The van der Waals surface area contributed by atoms with Crippen LogP contribution in [-0.4, -0.2) is 18.3 Å². The molecule has 4 heteroatoms. The molecule has 1 N–H and O–H groups in total. The van der Waals surface area contributed by atoms with Gasteiger partial charge >= 0.3 is 0 Å². The molecule has 1 heterocycles. The number of halogens is 1. The first-order valence-corrected chi connectivity index (χ1v) is 5.49. The predicted molar refractivity (Wildman–Crippen MR) is 59.5 cm³/mol. The van der Waals surface area contributed by atoms with Crippen LogP contribution < -0.4 is 0 Å². The van der Waals surface area contributed by atoms with Crippen LogP contribution in [0.15, 0.2) is 24.3 Å². The van der Waals surface area contributed by atoms with E-state index in [1.807, 2.05) is 0 Å². The molecule has 1 fully saturated rings. The van der Waals surface area contributed by atoms with Crippen LogP contribution in [0.2, 0.25) is 0 Å². The molecule has 2 atom stereocenters. The summed E-state index contributed by atoms with van der Waals surface area (Å²) in [5.74, 6) is -0.363. The second kappa shape index (κ2) is 4.10. The van der Waals surface area contributed by atoms with Crippen molar-refractivity contribution in [3.63, 3.8) is 0 Å². The summed E-state index contributed by atoms with van der Waals surface area (Å²) in [5, 5.41) is 19.9. The number of hydrogen-bond donors (Lipinski definition) is 1. The van der Waals surface area contributed by atoms with Gasteiger partial charge in [0.25, 0.3) is 0 Å². The zero-order chi connectivity index (χ0) is 12.5. The molecule has 0 bridgehead atoms. The summed E-state index contributed by atoms with van der Waals surface area (Å²) in [4.78, 5) is 0. The number of hydrogen-bond acceptors (Lipinski definition) is 3. The van der Waals surface area contributed by atoms with E-state index in [0.717, 1.165) is 0 Å². The van der Waals surface area contributed by atoms with E-state index >= 15 is 0 Å². The number of benzene rings is 1. The van der Waals surface area contributed by atoms with Gasteiger partial charge in [0.1, 0.15) is 16.8 Å². The summed E-state index contributed by atoms with van der Waals surface area (Å²) < 4.78 is 18.1. The monoisotopic (exact) mass is 235 g/mol. The molecule has 1 aromatic rings. The van der Waals surface area contributed by atoms with Gasteiger partial charge in [-0.05, 0) is 31.0 Å². The summed E-state index contributed by atoms with van der Waals surface area (Å²) in [6.07, 6.45) is 0.480. The van der Waals surface area contributed by atoms with E-state index in [0.29, 0.717) is 18.6 Å². The molecule has 0 saturated carbocycles. The maximum atomic E-state index is 12.9. The van der Waals surface area contributed by atoms with Crippen molar-refractivity contribution < 1.29 is 14.2 Å². The Hall–Kier alpha value is -1.44. The lowest BCUT2D eigenvalue weighted by atomic mass is 9.70. The van der Waals surface area contributed by atoms with Crippen molar-refractivity contribution in [1.29, 1.82) is 5.26 Å².